The first-order valence-electron chi connectivity index (χ1n) is 9.70. The summed E-state index contributed by atoms with van der Waals surface area (Å²) in [7, 11) is 1.63. The van der Waals surface area contributed by atoms with Gasteiger partial charge in [-0.2, -0.15) is 9.61 Å². The molecule has 0 spiro atoms. The quantitative estimate of drug-likeness (QED) is 0.428. The molecule has 2 aromatic heterocycles. The van der Waals surface area contributed by atoms with Crippen LogP contribution in [0.25, 0.3) is 11.7 Å². The monoisotopic (exact) mass is 404 g/mol. The molecule has 0 atom stereocenters. The minimum Gasteiger partial charge on any atom is -0.497 e. The zero-order valence-corrected chi connectivity index (χ0v) is 16.3. The maximum atomic E-state index is 11.9. The molecule has 30 heavy (non-hydrogen) atoms. The minimum atomic E-state index is -0.372. The standard InChI is InChI=1S/C21H20N6O3/c1-30-16-6-4-14(5-7-16)23-17-10-18(24-15-2-3-15)27-20(25-17)13(11-22-27)8-12-9-19(28)26-21(12)29/h4-8,10-11,15,24H,2-3,9H2,1H3,(H,23,25)(H,26,28,29). The highest BCUT2D eigenvalue weighted by atomic mass is 16.5. The molecule has 3 N–H and O–H groups in total. The Kier molecular flexibility index (Phi) is 4.35. The fourth-order valence-corrected chi connectivity index (χ4v) is 3.32. The molecular formula is C21H20N6O3. The molecule has 9 heteroatoms. The Bertz CT molecular complexity index is 1180. The van der Waals surface area contributed by atoms with Crippen LogP contribution in [0.2, 0.25) is 0 Å². The Hall–Kier alpha value is -3.88. The minimum absolute atomic E-state index is 0.0626. The van der Waals surface area contributed by atoms with Gasteiger partial charge in [-0.25, -0.2) is 4.98 Å². The molecule has 0 unspecified atom stereocenters. The molecule has 1 aromatic carbocycles. The summed E-state index contributed by atoms with van der Waals surface area (Å²) in [6.07, 6.45) is 5.62. The van der Waals surface area contributed by atoms with Crippen LogP contribution in [0.5, 0.6) is 5.75 Å². The number of amides is 2. The molecule has 2 aliphatic rings. The summed E-state index contributed by atoms with van der Waals surface area (Å²) < 4.78 is 6.92. The van der Waals surface area contributed by atoms with Gasteiger partial charge in [-0.05, 0) is 43.2 Å². The fraction of sp³-hybridized carbons (Fsp3) is 0.238. The van der Waals surface area contributed by atoms with E-state index in [4.69, 9.17) is 9.72 Å². The summed E-state index contributed by atoms with van der Waals surface area (Å²) in [5, 5.41) is 13.5. The van der Waals surface area contributed by atoms with E-state index in [1.54, 1.807) is 23.9 Å². The van der Waals surface area contributed by atoms with Crippen molar-refractivity contribution in [2.75, 3.05) is 17.7 Å². The summed E-state index contributed by atoms with van der Waals surface area (Å²) in [6, 6.07) is 9.89. The molecule has 2 amide bonds. The second-order valence-corrected chi connectivity index (χ2v) is 7.36. The van der Waals surface area contributed by atoms with Gasteiger partial charge in [0.2, 0.25) is 5.91 Å². The number of carbonyl (C=O) groups is 2. The van der Waals surface area contributed by atoms with Crippen LogP contribution in [-0.2, 0) is 9.59 Å². The third kappa shape index (κ3) is 3.57. The van der Waals surface area contributed by atoms with E-state index in [2.05, 4.69) is 21.0 Å². The Balaban J connectivity index is 1.54. The van der Waals surface area contributed by atoms with Crippen LogP contribution < -0.4 is 20.7 Å². The molecule has 152 valence electrons. The zero-order chi connectivity index (χ0) is 20.7. The van der Waals surface area contributed by atoms with Crippen LogP contribution in [0.3, 0.4) is 0 Å². The van der Waals surface area contributed by atoms with Gasteiger partial charge in [-0.1, -0.05) is 0 Å². The summed E-state index contributed by atoms with van der Waals surface area (Å²) >= 11 is 0. The van der Waals surface area contributed by atoms with Crippen LogP contribution in [0.1, 0.15) is 24.8 Å². The van der Waals surface area contributed by atoms with Crippen molar-refractivity contribution < 1.29 is 14.3 Å². The Morgan fingerprint density at radius 2 is 2.03 bits per heavy atom. The summed E-state index contributed by atoms with van der Waals surface area (Å²) in [5.74, 6) is 1.56. The number of nitrogens with zero attached hydrogens (tertiary/aromatic N) is 3. The average Bonchev–Trinajstić information content (AvgIpc) is 3.37. The van der Waals surface area contributed by atoms with Crippen molar-refractivity contribution in [3.05, 3.63) is 47.7 Å². The van der Waals surface area contributed by atoms with Crippen molar-refractivity contribution in [3.63, 3.8) is 0 Å². The van der Waals surface area contributed by atoms with E-state index in [1.807, 2.05) is 30.3 Å². The lowest BCUT2D eigenvalue weighted by Crippen LogP contribution is -2.19. The van der Waals surface area contributed by atoms with E-state index in [0.717, 1.165) is 30.1 Å². The molecule has 1 aliphatic heterocycles. The first-order valence-corrected chi connectivity index (χ1v) is 9.70. The fourth-order valence-electron chi connectivity index (χ4n) is 3.32. The van der Waals surface area contributed by atoms with Crippen LogP contribution in [0.4, 0.5) is 17.3 Å². The number of anilines is 3. The molecule has 3 heterocycles. The SMILES string of the molecule is COc1ccc(Nc2cc(NC3CC3)n3ncc(C=C4CC(=O)NC4=O)c3n2)cc1. The molecule has 0 bridgehead atoms. The lowest BCUT2D eigenvalue weighted by Gasteiger charge is -2.12. The molecule has 2 fully saturated rings. The third-order valence-corrected chi connectivity index (χ3v) is 5.02. The van der Waals surface area contributed by atoms with Gasteiger partial charge >= 0.3 is 0 Å². The average molecular weight is 404 g/mol. The van der Waals surface area contributed by atoms with Crippen LogP contribution >= 0.6 is 0 Å². The van der Waals surface area contributed by atoms with Gasteiger partial charge in [0.1, 0.15) is 17.4 Å². The predicted molar refractivity (Wildman–Crippen MR) is 112 cm³/mol. The lowest BCUT2D eigenvalue weighted by atomic mass is 10.1. The molecule has 1 aliphatic carbocycles. The Morgan fingerprint density at radius 3 is 2.70 bits per heavy atom. The van der Waals surface area contributed by atoms with Crippen molar-refractivity contribution in [2.45, 2.75) is 25.3 Å². The van der Waals surface area contributed by atoms with Crippen LogP contribution in [0.15, 0.2) is 42.1 Å². The van der Waals surface area contributed by atoms with E-state index in [9.17, 15) is 9.59 Å². The summed E-state index contributed by atoms with van der Waals surface area (Å²) in [4.78, 5) is 28.2. The van der Waals surface area contributed by atoms with E-state index < -0.39 is 0 Å². The number of aromatic nitrogens is 3. The normalized spacial score (nSPS) is 17.4. The Morgan fingerprint density at radius 1 is 1.23 bits per heavy atom. The smallest absolute Gasteiger partial charge is 0.254 e. The zero-order valence-electron chi connectivity index (χ0n) is 16.3. The number of carbonyl (C=O) groups excluding carboxylic acids is 2. The lowest BCUT2D eigenvalue weighted by molar-refractivity contribution is -0.124. The number of hydrogen-bond acceptors (Lipinski definition) is 7. The van der Waals surface area contributed by atoms with Crippen LogP contribution in [0, 0.1) is 0 Å². The molecule has 1 saturated carbocycles. The number of methoxy groups -OCH3 is 1. The van der Waals surface area contributed by atoms with Crippen molar-refractivity contribution in [2.24, 2.45) is 0 Å². The maximum absolute atomic E-state index is 11.9. The summed E-state index contributed by atoms with van der Waals surface area (Å²) in [6.45, 7) is 0. The van der Waals surface area contributed by atoms with Gasteiger partial charge < -0.3 is 15.4 Å². The van der Waals surface area contributed by atoms with E-state index >= 15 is 0 Å². The number of ether oxygens (including phenoxy) is 1. The topological polar surface area (TPSA) is 110 Å². The van der Waals surface area contributed by atoms with Crippen molar-refractivity contribution in [1.29, 1.82) is 0 Å². The van der Waals surface area contributed by atoms with E-state index in [-0.39, 0.29) is 18.2 Å². The number of hydrogen-bond donors (Lipinski definition) is 3. The second kappa shape index (κ2) is 7.18. The van der Waals surface area contributed by atoms with Gasteiger partial charge in [0.25, 0.3) is 5.91 Å². The molecule has 3 aromatic rings. The largest absolute Gasteiger partial charge is 0.497 e. The number of imide groups is 1. The van der Waals surface area contributed by atoms with Gasteiger partial charge in [0.15, 0.2) is 5.65 Å². The molecule has 5 rings (SSSR count). The highest BCUT2D eigenvalue weighted by molar-refractivity contribution is 6.15. The molecule has 0 radical (unpaired) electrons. The summed E-state index contributed by atoms with van der Waals surface area (Å²) in [5.41, 5.74) is 2.54. The predicted octanol–water partition coefficient (Wildman–Crippen LogP) is 2.49. The molecule has 9 nitrogen and oxygen atoms in total. The third-order valence-electron chi connectivity index (χ3n) is 5.02. The van der Waals surface area contributed by atoms with Gasteiger partial charge in [0.05, 0.1) is 19.7 Å². The molecule has 1 saturated heterocycles. The highest BCUT2D eigenvalue weighted by Gasteiger charge is 2.25. The van der Waals surface area contributed by atoms with E-state index in [0.29, 0.717) is 28.6 Å². The maximum Gasteiger partial charge on any atom is 0.254 e. The van der Waals surface area contributed by atoms with Crippen molar-refractivity contribution >= 4 is 40.9 Å². The molecular weight excluding hydrogens is 384 g/mol. The number of nitrogens with one attached hydrogen (secondary N) is 3. The van der Waals surface area contributed by atoms with Crippen LogP contribution in [-0.4, -0.2) is 39.6 Å². The second-order valence-electron chi connectivity index (χ2n) is 7.36. The number of rotatable bonds is 6. The highest BCUT2D eigenvalue weighted by Crippen LogP contribution is 2.29. The van der Waals surface area contributed by atoms with Gasteiger partial charge in [-0.15, -0.1) is 0 Å². The Labute approximate surface area is 172 Å². The van der Waals surface area contributed by atoms with Gasteiger partial charge in [-0.3, -0.25) is 14.9 Å². The van der Waals surface area contributed by atoms with Crippen molar-refractivity contribution in [1.82, 2.24) is 19.9 Å². The van der Waals surface area contributed by atoms with Crippen molar-refractivity contribution in [3.8, 4) is 5.75 Å². The first-order chi connectivity index (χ1) is 14.6. The first kappa shape index (κ1) is 18.2. The van der Waals surface area contributed by atoms with E-state index in [1.165, 1.54) is 0 Å². The number of fused-ring (bicyclic) bond motifs is 1. The van der Waals surface area contributed by atoms with Gasteiger partial charge in [0, 0.05) is 28.9 Å². The number of benzene rings is 1.